The lowest BCUT2D eigenvalue weighted by Gasteiger charge is -2.42. The van der Waals surface area contributed by atoms with Gasteiger partial charge in [-0.2, -0.15) is 0 Å². The molecule has 344 valence electrons. The van der Waals surface area contributed by atoms with Crippen LogP contribution in [0.25, 0.3) is 0 Å². The Kier molecular flexibility index (Phi) is 24.8. The number of ether oxygens (including phenoxy) is 8. The standard InChI is InChI=1S/C49H100O8/c1-21-25-41(5,6)50-33-29-45(13,14)54-37-49(38-55-46(15,16)30-34-51-42(7,8)26-22-2,39-56-47(17,18)31-35-52-43(9,10)27-23-3)40-57-48(19,20)32-36-53-44(11,12)28-24-4/h21-40H2,1-20H3. The van der Waals surface area contributed by atoms with Crippen molar-refractivity contribution in [1.29, 1.82) is 0 Å². The molecule has 57 heavy (non-hydrogen) atoms. The molecule has 0 amide bonds. The Morgan fingerprint density at radius 2 is 0.386 bits per heavy atom. The summed E-state index contributed by atoms with van der Waals surface area (Å²) in [4.78, 5) is 0. The highest BCUT2D eigenvalue weighted by Crippen LogP contribution is 2.33. The van der Waals surface area contributed by atoms with Gasteiger partial charge in [0.2, 0.25) is 0 Å². The van der Waals surface area contributed by atoms with Crippen molar-refractivity contribution in [3.8, 4) is 0 Å². The van der Waals surface area contributed by atoms with Crippen LogP contribution in [0.15, 0.2) is 0 Å². The van der Waals surface area contributed by atoms with Gasteiger partial charge in [-0.25, -0.2) is 0 Å². The molecule has 0 heterocycles. The minimum Gasteiger partial charge on any atom is -0.375 e. The maximum absolute atomic E-state index is 6.93. The Hall–Kier alpha value is -0.320. The van der Waals surface area contributed by atoms with Crippen LogP contribution in [0.3, 0.4) is 0 Å². The van der Waals surface area contributed by atoms with Crippen molar-refractivity contribution >= 4 is 0 Å². The maximum Gasteiger partial charge on any atom is 0.0648 e. The molecule has 0 aromatic rings. The minimum atomic E-state index is -0.613. The van der Waals surface area contributed by atoms with Crippen molar-refractivity contribution in [3.63, 3.8) is 0 Å². The molecule has 0 saturated carbocycles. The first-order chi connectivity index (χ1) is 25.9. The van der Waals surface area contributed by atoms with Gasteiger partial charge in [0, 0.05) is 0 Å². The van der Waals surface area contributed by atoms with E-state index in [2.05, 4.69) is 138 Å². The van der Waals surface area contributed by atoms with E-state index in [0.29, 0.717) is 52.9 Å². The average molecular weight is 817 g/mol. The van der Waals surface area contributed by atoms with E-state index in [1.54, 1.807) is 0 Å². The first-order valence-corrected chi connectivity index (χ1v) is 23.0. The molecule has 8 nitrogen and oxygen atoms in total. The first-order valence-electron chi connectivity index (χ1n) is 23.0. The number of rotatable bonds is 36. The summed E-state index contributed by atoms with van der Waals surface area (Å²) in [6, 6.07) is 0. The van der Waals surface area contributed by atoms with Crippen LogP contribution in [0.2, 0.25) is 0 Å². The summed E-state index contributed by atoms with van der Waals surface area (Å²) in [6.07, 6.45) is 11.5. The second-order valence-corrected chi connectivity index (χ2v) is 22.1. The van der Waals surface area contributed by atoms with Crippen LogP contribution in [0.5, 0.6) is 0 Å². The molecule has 0 aliphatic heterocycles. The van der Waals surface area contributed by atoms with Gasteiger partial charge in [0.15, 0.2) is 0 Å². The Bertz CT molecular complexity index is 876. The van der Waals surface area contributed by atoms with Gasteiger partial charge < -0.3 is 37.9 Å². The summed E-state index contributed by atoms with van der Waals surface area (Å²) < 4.78 is 53.1. The largest absolute Gasteiger partial charge is 0.375 e. The van der Waals surface area contributed by atoms with Crippen molar-refractivity contribution in [1.82, 2.24) is 0 Å². The van der Waals surface area contributed by atoms with Crippen molar-refractivity contribution < 1.29 is 37.9 Å². The predicted molar refractivity (Wildman–Crippen MR) is 241 cm³/mol. The molecule has 0 N–H and O–H groups in total. The predicted octanol–water partition coefficient (Wildman–Crippen LogP) is 13.1. The van der Waals surface area contributed by atoms with Crippen LogP contribution in [0.1, 0.15) is 216 Å². The van der Waals surface area contributed by atoms with E-state index in [9.17, 15) is 0 Å². The second-order valence-electron chi connectivity index (χ2n) is 22.1. The molecule has 0 aromatic heterocycles. The van der Waals surface area contributed by atoms with Gasteiger partial charge in [0.1, 0.15) is 0 Å². The minimum absolute atomic E-state index is 0.159. The summed E-state index contributed by atoms with van der Waals surface area (Å²) in [6.45, 7) is 47.6. The van der Waals surface area contributed by atoms with Crippen molar-refractivity contribution in [2.24, 2.45) is 5.41 Å². The van der Waals surface area contributed by atoms with Crippen molar-refractivity contribution in [2.75, 3.05) is 52.9 Å². The molecule has 0 rings (SSSR count). The Morgan fingerprint density at radius 1 is 0.228 bits per heavy atom. The normalized spacial score (nSPS) is 14.5. The Balaban J connectivity index is 6.52. The molecule has 0 aliphatic carbocycles. The lowest BCUT2D eigenvalue weighted by Crippen LogP contribution is -2.49. The fourth-order valence-corrected chi connectivity index (χ4v) is 6.92. The Labute approximate surface area is 355 Å². The van der Waals surface area contributed by atoms with Crippen LogP contribution in [0, 0.1) is 5.41 Å². The third kappa shape index (κ3) is 28.0. The monoisotopic (exact) mass is 817 g/mol. The Morgan fingerprint density at radius 3 is 0.544 bits per heavy atom. The lowest BCUT2D eigenvalue weighted by atomic mass is 9.89. The van der Waals surface area contributed by atoms with Gasteiger partial charge >= 0.3 is 0 Å². The molecule has 0 spiro atoms. The zero-order chi connectivity index (χ0) is 44.3. The van der Waals surface area contributed by atoms with Crippen molar-refractivity contribution in [3.05, 3.63) is 0 Å². The first kappa shape index (κ1) is 56.7. The van der Waals surface area contributed by atoms with Gasteiger partial charge in [-0.1, -0.05) is 53.4 Å². The molecule has 0 aromatic carbocycles. The zero-order valence-electron chi connectivity index (χ0n) is 41.9. The SMILES string of the molecule is CCCC(C)(C)OCCC(C)(C)OCC(COC(C)(C)CCOC(C)(C)CCC)(COC(C)(C)CCOC(C)(C)CCC)COC(C)(C)CCOC(C)(C)CCC. The van der Waals surface area contributed by atoms with Crippen molar-refractivity contribution in [2.45, 2.75) is 260 Å². The van der Waals surface area contributed by atoms with E-state index in [0.717, 1.165) is 77.0 Å². The molecule has 0 unspecified atom stereocenters. The third-order valence-corrected chi connectivity index (χ3v) is 11.3. The summed E-state index contributed by atoms with van der Waals surface area (Å²) in [5.74, 6) is 0. The summed E-state index contributed by atoms with van der Waals surface area (Å²) in [5, 5.41) is 0. The molecule has 0 saturated heterocycles. The van der Waals surface area contributed by atoms with Gasteiger partial charge in [-0.05, 0) is 162 Å². The molecule has 0 fully saturated rings. The highest BCUT2D eigenvalue weighted by molar-refractivity contribution is 4.87. The van der Waals surface area contributed by atoms with E-state index in [4.69, 9.17) is 37.9 Å². The summed E-state index contributed by atoms with van der Waals surface area (Å²) in [5.41, 5.74) is -3.01. The molecule has 0 radical (unpaired) electrons. The molecule has 0 bridgehead atoms. The molecule has 8 heteroatoms. The molecule has 0 atom stereocenters. The fraction of sp³-hybridized carbons (Fsp3) is 1.00. The zero-order valence-corrected chi connectivity index (χ0v) is 41.9. The van der Waals surface area contributed by atoms with Crippen LogP contribution in [-0.4, -0.2) is 97.7 Å². The topological polar surface area (TPSA) is 73.8 Å². The van der Waals surface area contributed by atoms with Crippen LogP contribution >= 0.6 is 0 Å². The van der Waals surface area contributed by atoms with E-state index in [-0.39, 0.29) is 22.4 Å². The molecular weight excluding hydrogens is 717 g/mol. The second kappa shape index (κ2) is 25.0. The van der Waals surface area contributed by atoms with Crippen LogP contribution in [0.4, 0.5) is 0 Å². The quantitative estimate of drug-likeness (QED) is 0.0619. The van der Waals surface area contributed by atoms with E-state index >= 15 is 0 Å². The van der Waals surface area contributed by atoms with Gasteiger partial charge in [0.25, 0.3) is 0 Å². The summed E-state index contributed by atoms with van der Waals surface area (Å²) >= 11 is 0. The lowest BCUT2D eigenvalue weighted by molar-refractivity contribution is -0.197. The maximum atomic E-state index is 6.93. The number of hydrogen-bond donors (Lipinski definition) is 0. The van der Waals surface area contributed by atoms with Crippen LogP contribution < -0.4 is 0 Å². The highest BCUT2D eigenvalue weighted by Gasteiger charge is 2.40. The van der Waals surface area contributed by atoms with Gasteiger partial charge in [-0.15, -0.1) is 0 Å². The van der Waals surface area contributed by atoms with E-state index in [1.165, 1.54) is 0 Å². The number of hydrogen-bond acceptors (Lipinski definition) is 8. The third-order valence-electron chi connectivity index (χ3n) is 11.3. The van der Waals surface area contributed by atoms with Gasteiger partial charge in [0.05, 0.1) is 103 Å². The average Bonchev–Trinajstić information content (AvgIpc) is 3.03. The van der Waals surface area contributed by atoms with E-state index in [1.807, 2.05) is 0 Å². The van der Waals surface area contributed by atoms with Crippen LogP contribution in [-0.2, 0) is 37.9 Å². The fourth-order valence-electron chi connectivity index (χ4n) is 6.92. The van der Waals surface area contributed by atoms with Gasteiger partial charge in [-0.3, -0.25) is 0 Å². The smallest absolute Gasteiger partial charge is 0.0648 e. The summed E-state index contributed by atoms with van der Waals surface area (Å²) in [7, 11) is 0. The molecule has 0 aliphatic rings. The van der Waals surface area contributed by atoms with E-state index < -0.39 is 27.8 Å². The molecular formula is C49H100O8. The highest BCUT2D eigenvalue weighted by atomic mass is 16.6.